The Kier molecular flexibility index (Phi) is 5.42. The second-order valence-electron chi connectivity index (χ2n) is 5.07. The maximum absolute atomic E-state index is 12.0. The monoisotopic (exact) mass is 334 g/mol. The molecule has 5 nitrogen and oxygen atoms in total. The van der Waals surface area contributed by atoms with Crippen molar-refractivity contribution in [1.82, 2.24) is 20.8 Å². The molecule has 7 heteroatoms. The van der Waals surface area contributed by atoms with E-state index in [1.54, 1.807) is 0 Å². The molecule has 0 bridgehead atoms. The lowest BCUT2D eigenvalue weighted by Crippen LogP contribution is -2.41. The van der Waals surface area contributed by atoms with E-state index < -0.39 is 0 Å². The molecule has 1 amide bonds. The van der Waals surface area contributed by atoms with Crippen molar-refractivity contribution in [3.05, 3.63) is 35.3 Å². The molecular weight excluding hydrogens is 316 g/mol. The van der Waals surface area contributed by atoms with Crippen LogP contribution in [0.2, 0.25) is 0 Å². The third-order valence-electron chi connectivity index (χ3n) is 3.35. The first-order valence-corrected chi connectivity index (χ1v) is 9.24. The van der Waals surface area contributed by atoms with Crippen molar-refractivity contribution in [3.63, 3.8) is 0 Å². The van der Waals surface area contributed by atoms with Crippen LogP contribution in [0.15, 0.2) is 30.3 Å². The van der Waals surface area contributed by atoms with Crippen LogP contribution in [-0.2, 0) is 11.3 Å². The molecule has 1 fully saturated rings. The molecule has 0 saturated carbocycles. The number of carbonyl (C=O) groups excluding carboxylic acids is 1. The van der Waals surface area contributed by atoms with Gasteiger partial charge in [0, 0.05) is 36.1 Å². The maximum atomic E-state index is 12.0. The lowest BCUT2D eigenvalue weighted by Gasteiger charge is -2.22. The summed E-state index contributed by atoms with van der Waals surface area (Å²) in [5, 5.41) is 16.3. The van der Waals surface area contributed by atoms with E-state index in [4.69, 9.17) is 0 Å². The molecule has 1 aromatic carbocycles. The third-order valence-corrected chi connectivity index (χ3v) is 5.46. The summed E-state index contributed by atoms with van der Waals surface area (Å²) in [6.45, 7) is 1.43. The summed E-state index contributed by atoms with van der Waals surface area (Å²) in [5.74, 6) is 2.20. The van der Waals surface area contributed by atoms with E-state index >= 15 is 0 Å². The van der Waals surface area contributed by atoms with Crippen molar-refractivity contribution in [2.24, 2.45) is 0 Å². The van der Waals surface area contributed by atoms with Crippen LogP contribution in [-0.4, -0.2) is 40.2 Å². The standard InChI is InChI=1S/C15H18N4OS2/c20-13(8-12-10-21-7-6-16-12)17-9-14-18-19-15(22-14)11-4-2-1-3-5-11/h1-5,12,16H,6-10H2,(H,17,20). The van der Waals surface area contributed by atoms with Crippen LogP contribution in [0.1, 0.15) is 11.4 Å². The van der Waals surface area contributed by atoms with Crippen LogP contribution in [0.3, 0.4) is 0 Å². The first-order chi connectivity index (χ1) is 10.8. The highest BCUT2D eigenvalue weighted by Crippen LogP contribution is 2.22. The number of nitrogens with zero attached hydrogens (tertiary/aromatic N) is 2. The fraction of sp³-hybridized carbons (Fsp3) is 0.400. The number of hydrogen-bond donors (Lipinski definition) is 2. The number of aromatic nitrogens is 2. The molecule has 0 aliphatic carbocycles. The summed E-state index contributed by atoms with van der Waals surface area (Å²) in [6.07, 6.45) is 0.525. The molecule has 2 aromatic rings. The molecule has 1 aromatic heterocycles. The predicted molar refractivity (Wildman–Crippen MR) is 90.9 cm³/mol. The van der Waals surface area contributed by atoms with E-state index in [0.29, 0.717) is 13.0 Å². The van der Waals surface area contributed by atoms with Gasteiger partial charge in [-0.05, 0) is 0 Å². The number of nitrogens with one attached hydrogen (secondary N) is 2. The van der Waals surface area contributed by atoms with E-state index in [1.807, 2.05) is 42.1 Å². The van der Waals surface area contributed by atoms with E-state index in [1.165, 1.54) is 11.3 Å². The quantitative estimate of drug-likeness (QED) is 0.874. The predicted octanol–water partition coefficient (Wildman–Crippen LogP) is 1.92. The van der Waals surface area contributed by atoms with Crippen molar-refractivity contribution in [3.8, 4) is 10.6 Å². The lowest BCUT2D eigenvalue weighted by molar-refractivity contribution is -0.121. The maximum Gasteiger partial charge on any atom is 0.221 e. The Morgan fingerprint density at radius 2 is 2.18 bits per heavy atom. The van der Waals surface area contributed by atoms with Gasteiger partial charge in [0.05, 0.1) is 6.54 Å². The molecule has 0 spiro atoms. The van der Waals surface area contributed by atoms with Crippen molar-refractivity contribution in [2.75, 3.05) is 18.1 Å². The molecule has 1 atom stereocenters. The summed E-state index contributed by atoms with van der Waals surface area (Å²) in [5.41, 5.74) is 1.06. The van der Waals surface area contributed by atoms with Gasteiger partial charge in [0.2, 0.25) is 5.91 Å². The Morgan fingerprint density at radius 1 is 1.32 bits per heavy atom. The first-order valence-electron chi connectivity index (χ1n) is 7.27. The second-order valence-corrected chi connectivity index (χ2v) is 7.29. The minimum absolute atomic E-state index is 0.0662. The zero-order chi connectivity index (χ0) is 15.2. The van der Waals surface area contributed by atoms with E-state index in [-0.39, 0.29) is 11.9 Å². The van der Waals surface area contributed by atoms with E-state index in [2.05, 4.69) is 20.8 Å². The minimum atomic E-state index is 0.0662. The number of carbonyl (C=O) groups is 1. The number of amides is 1. The molecule has 1 aliphatic rings. The Hall–Kier alpha value is -1.44. The van der Waals surface area contributed by atoms with Gasteiger partial charge in [0.25, 0.3) is 0 Å². The van der Waals surface area contributed by atoms with Crippen molar-refractivity contribution in [1.29, 1.82) is 0 Å². The van der Waals surface area contributed by atoms with E-state index in [0.717, 1.165) is 33.6 Å². The second kappa shape index (κ2) is 7.71. The Morgan fingerprint density at radius 3 is 2.95 bits per heavy atom. The van der Waals surface area contributed by atoms with Crippen molar-refractivity contribution < 1.29 is 4.79 Å². The zero-order valence-corrected chi connectivity index (χ0v) is 13.8. The number of benzene rings is 1. The molecule has 22 heavy (non-hydrogen) atoms. The fourth-order valence-electron chi connectivity index (χ4n) is 2.24. The highest BCUT2D eigenvalue weighted by Gasteiger charge is 2.16. The van der Waals surface area contributed by atoms with Crippen molar-refractivity contribution in [2.45, 2.75) is 19.0 Å². The minimum Gasteiger partial charge on any atom is -0.349 e. The Balaban J connectivity index is 1.49. The topological polar surface area (TPSA) is 66.9 Å². The van der Waals surface area contributed by atoms with Crippen LogP contribution in [0.25, 0.3) is 10.6 Å². The Bertz CT molecular complexity index is 611. The van der Waals surface area contributed by atoms with Gasteiger partial charge in [-0.15, -0.1) is 10.2 Å². The number of hydrogen-bond acceptors (Lipinski definition) is 6. The van der Waals surface area contributed by atoms with Crippen LogP contribution in [0.4, 0.5) is 0 Å². The molecule has 2 heterocycles. The van der Waals surface area contributed by atoms with Gasteiger partial charge in [-0.2, -0.15) is 11.8 Å². The largest absolute Gasteiger partial charge is 0.349 e. The highest BCUT2D eigenvalue weighted by atomic mass is 32.2. The van der Waals surface area contributed by atoms with Crippen LogP contribution in [0.5, 0.6) is 0 Å². The van der Waals surface area contributed by atoms with Crippen LogP contribution in [0, 0.1) is 0 Å². The van der Waals surface area contributed by atoms with Gasteiger partial charge in [-0.1, -0.05) is 41.7 Å². The Labute approximate surface area is 137 Å². The third kappa shape index (κ3) is 4.28. The average molecular weight is 334 g/mol. The molecule has 116 valence electrons. The summed E-state index contributed by atoms with van der Waals surface area (Å²) < 4.78 is 0. The first kappa shape index (κ1) is 15.5. The number of rotatable bonds is 5. The highest BCUT2D eigenvalue weighted by molar-refractivity contribution is 7.99. The summed E-state index contributed by atoms with van der Waals surface area (Å²) >= 11 is 3.41. The lowest BCUT2D eigenvalue weighted by atomic mass is 10.2. The fourth-order valence-corrected chi connectivity index (χ4v) is 3.98. The molecule has 1 aliphatic heterocycles. The van der Waals surface area contributed by atoms with Gasteiger partial charge < -0.3 is 10.6 Å². The molecule has 0 radical (unpaired) electrons. The summed E-state index contributed by atoms with van der Waals surface area (Å²) in [6, 6.07) is 10.2. The molecule has 1 unspecified atom stereocenters. The van der Waals surface area contributed by atoms with Gasteiger partial charge in [-0.25, -0.2) is 0 Å². The molecule has 3 rings (SSSR count). The molecular formula is C15H18N4OS2. The zero-order valence-electron chi connectivity index (χ0n) is 12.1. The SMILES string of the molecule is O=C(CC1CSCCN1)NCc1nnc(-c2ccccc2)s1. The van der Waals surface area contributed by atoms with E-state index in [9.17, 15) is 4.79 Å². The van der Waals surface area contributed by atoms with Crippen molar-refractivity contribution >= 4 is 29.0 Å². The number of thioether (sulfide) groups is 1. The van der Waals surface area contributed by atoms with Crippen LogP contribution >= 0.6 is 23.1 Å². The molecule has 2 N–H and O–H groups in total. The van der Waals surface area contributed by atoms with Gasteiger partial charge >= 0.3 is 0 Å². The summed E-state index contributed by atoms with van der Waals surface area (Å²) in [7, 11) is 0. The average Bonchev–Trinajstić information content (AvgIpc) is 3.04. The smallest absolute Gasteiger partial charge is 0.221 e. The van der Waals surface area contributed by atoms with Gasteiger partial charge in [0.15, 0.2) is 0 Å². The molecule has 1 saturated heterocycles. The summed E-state index contributed by atoms with van der Waals surface area (Å²) in [4.78, 5) is 12.0. The van der Waals surface area contributed by atoms with Crippen LogP contribution < -0.4 is 10.6 Å². The normalized spacial score (nSPS) is 18.1. The van der Waals surface area contributed by atoms with Gasteiger partial charge in [0.1, 0.15) is 10.0 Å². The van der Waals surface area contributed by atoms with Gasteiger partial charge in [-0.3, -0.25) is 4.79 Å².